The summed E-state index contributed by atoms with van der Waals surface area (Å²) in [6, 6.07) is 14.9. The highest BCUT2D eigenvalue weighted by atomic mass is 127. The first-order valence-corrected chi connectivity index (χ1v) is 8.87. The predicted molar refractivity (Wildman–Crippen MR) is 107 cm³/mol. The Balaban J connectivity index is 1.70. The van der Waals surface area contributed by atoms with Gasteiger partial charge in [0, 0.05) is 13.4 Å². The molecule has 0 saturated carbocycles. The van der Waals surface area contributed by atoms with Crippen LogP contribution in [0.1, 0.15) is 10.6 Å². The fourth-order valence-corrected chi connectivity index (χ4v) is 3.64. The lowest BCUT2D eigenvalue weighted by Gasteiger charge is -2.10. The van der Waals surface area contributed by atoms with E-state index in [1.807, 2.05) is 42.5 Å². The van der Waals surface area contributed by atoms with Gasteiger partial charge < -0.3 is 9.73 Å². The number of thiocarbonyl (C=S) groups is 1. The van der Waals surface area contributed by atoms with Crippen molar-refractivity contribution in [3.05, 3.63) is 62.3 Å². The van der Waals surface area contributed by atoms with Crippen molar-refractivity contribution in [2.24, 2.45) is 0 Å². The molecule has 0 saturated heterocycles. The van der Waals surface area contributed by atoms with Crippen molar-refractivity contribution < 1.29 is 9.21 Å². The Kier molecular flexibility index (Phi) is 4.98. The number of carbonyl (C=O) groups is 1. The molecule has 0 aliphatic rings. The predicted octanol–water partition coefficient (Wildman–Crippen LogP) is 4.93. The van der Waals surface area contributed by atoms with Crippen LogP contribution >= 0.6 is 50.7 Å². The Morgan fingerprint density at radius 3 is 2.70 bits per heavy atom. The van der Waals surface area contributed by atoms with Crippen LogP contribution in [0.25, 0.3) is 11.0 Å². The summed E-state index contributed by atoms with van der Waals surface area (Å²) in [6.45, 7) is 0. The van der Waals surface area contributed by atoms with E-state index < -0.39 is 0 Å². The molecule has 0 fully saturated rings. The van der Waals surface area contributed by atoms with Gasteiger partial charge >= 0.3 is 0 Å². The molecular weight excluding hydrogens is 491 g/mol. The highest BCUT2D eigenvalue weighted by Gasteiger charge is 2.14. The number of halogens is 2. The minimum Gasteiger partial charge on any atom is -0.451 e. The third kappa shape index (κ3) is 3.91. The smallest absolute Gasteiger partial charge is 0.293 e. The van der Waals surface area contributed by atoms with Crippen LogP contribution in [0.4, 0.5) is 5.69 Å². The second kappa shape index (κ2) is 6.98. The van der Waals surface area contributed by atoms with E-state index in [0.717, 1.165) is 19.1 Å². The number of amides is 1. The zero-order chi connectivity index (χ0) is 16.4. The van der Waals surface area contributed by atoms with E-state index in [0.29, 0.717) is 5.58 Å². The lowest BCUT2D eigenvalue weighted by Crippen LogP contribution is -2.34. The molecule has 3 aromatic rings. The van der Waals surface area contributed by atoms with Crippen molar-refractivity contribution >= 4 is 78.4 Å². The average molecular weight is 501 g/mol. The Morgan fingerprint density at radius 2 is 1.96 bits per heavy atom. The Labute approximate surface area is 159 Å². The number of nitrogens with one attached hydrogen (secondary N) is 2. The van der Waals surface area contributed by atoms with Gasteiger partial charge in [-0.3, -0.25) is 10.1 Å². The van der Waals surface area contributed by atoms with Crippen LogP contribution in [0, 0.1) is 3.57 Å². The summed E-state index contributed by atoms with van der Waals surface area (Å²) >= 11 is 10.8. The molecule has 0 aliphatic carbocycles. The third-order valence-electron chi connectivity index (χ3n) is 3.06. The maximum atomic E-state index is 12.2. The van der Waals surface area contributed by atoms with Crippen molar-refractivity contribution in [2.75, 3.05) is 5.32 Å². The van der Waals surface area contributed by atoms with Gasteiger partial charge in [0.2, 0.25) is 0 Å². The molecular formula is C16H10BrIN2O2S. The molecule has 2 N–H and O–H groups in total. The minimum atomic E-state index is -0.384. The maximum absolute atomic E-state index is 12.2. The van der Waals surface area contributed by atoms with Gasteiger partial charge in [0.15, 0.2) is 10.9 Å². The molecule has 0 spiro atoms. The highest BCUT2D eigenvalue weighted by molar-refractivity contribution is 14.1. The van der Waals surface area contributed by atoms with Crippen LogP contribution in [-0.4, -0.2) is 11.0 Å². The van der Waals surface area contributed by atoms with Gasteiger partial charge in [0.1, 0.15) is 5.58 Å². The summed E-state index contributed by atoms with van der Waals surface area (Å²) in [6.07, 6.45) is 0. The van der Waals surface area contributed by atoms with Crippen molar-refractivity contribution in [1.29, 1.82) is 0 Å². The molecule has 1 heterocycles. The Bertz CT molecular complexity index is 877. The lowest BCUT2D eigenvalue weighted by molar-refractivity contribution is 0.0953. The molecule has 1 aromatic heterocycles. The van der Waals surface area contributed by atoms with Crippen LogP contribution < -0.4 is 10.6 Å². The van der Waals surface area contributed by atoms with Crippen molar-refractivity contribution in [1.82, 2.24) is 5.32 Å². The van der Waals surface area contributed by atoms with Gasteiger partial charge in [-0.05, 0) is 65.1 Å². The summed E-state index contributed by atoms with van der Waals surface area (Å²) < 4.78 is 7.47. The zero-order valence-corrected chi connectivity index (χ0v) is 16.2. The molecule has 0 radical (unpaired) electrons. The number of hydrogen-bond acceptors (Lipinski definition) is 3. The molecule has 3 rings (SSSR count). The molecule has 1 amide bonds. The summed E-state index contributed by atoms with van der Waals surface area (Å²) in [5.74, 6) is -0.160. The van der Waals surface area contributed by atoms with Crippen molar-refractivity contribution in [2.45, 2.75) is 0 Å². The fourth-order valence-electron chi connectivity index (χ4n) is 2.00. The van der Waals surface area contributed by atoms with Gasteiger partial charge in [-0.2, -0.15) is 0 Å². The van der Waals surface area contributed by atoms with Crippen LogP contribution in [0.15, 0.2) is 57.4 Å². The van der Waals surface area contributed by atoms with Gasteiger partial charge in [0.05, 0.1) is 5.69 Å². The second-order valence-electron chi connectivity index (χ2n) is 4.68. The number of anilines is 1. The summed E-state index contributed by atoms with van der Waals surface area (Å²) in [5.41, 5.74) is 1.49. The number of rotatable bonds is 2. The molecule has 0 bridgehead atoms. The van der Waals surface area contributed by atoms with E-state index in [9.17, 15) is 4.79 Å². The number of fused-ring (bicyclic) bond motifs is 1. The van der Waals surface area contributed by atoms with E-state index in [4.69, 9.17) is 16.6 Å². The first-order valence-electron chi connectivity index (χ1n) is 6.59. The Hall–Kier alpha value is -1.45. The molecule has 0 aliphatic heterocycles. The SMILES string of the molecule is O=C(NC(=S)Nc1ccc(Br)cc1I)c1cc2ccccc2o1. The lowest BCUT2D eigenvalue weighted by atomic mass is 10.2. The third-order valence-corrected chi connectivity index (χ3v) is 4.65. The first-order chi connectivity index (χ1) is 11.0. The number of para-hydroxylation sites is 1. The van der Waals surface area contributed by atoms with E-state index in [-0.39, 0.29) is 16.8 Å². The average Bonchev–Trinajstić information content (AvgIpc) is 2.94. The normalized spacial score (nSPS) is 10.5. The van der Waals surface area contributed by atoms with E-state index in [1.54, 1.807) is 6.07 Å². The Morgan fingerprint density at radius 1 is 1.17 bits per heavy atom. The standard InChI is InChI=1S/C16H10BrIN2O2S/c17-10-5-6-12(11(18)8-10)19-16(23)20-15(21)14-7-9-3-1-2-4-13(9)22-14/h1-8H,(H2,19,20,21,23). The van der Waals surface area contributed by atoms with E-state index in [2.05, 4.69) is 49.2 Å². The number of hydrogen-bond donors (Lipinski definition) is 2. The summed E-state index contributed by atoms with van der Waals surface area (Å²) in [5, 5.41) is 6.71. The summed E-state index contributed by atoms with van der Waals surface area (Å²) in [4.78, 5) is 12.2. The van der Waals surface area contributed by atoms with E-state index in [1.165, 1.54) is 0 Å². The number of benzene rings is 2. The molecule has 0 atom stereocenters. The first kappa shape index (κ1) is 16.4. The molecule has 23 heavy (non-hydrogen) atoms. The van der Waals surface area contributed by atoms with Crippen LogP contribution in [-0.2, 0) is 0 Å². The summed E-state index contributed by atoms with van der Waals surface area (Å²) in [7, 11) is 0. The molecule has 7 heteroatoms. The largest absolute Gasteiger partial charge is 0.451 e. The molecule has 4 nitrogen and oxygen atoms in total. The molecule has 2 aromatic carbocycles. The van der Waals surface area contributed by atoms with Crippen LogP contribution in [0.2, 0.25) is 0 Å². The molecule has 0 unspecified atom stereocenters. The highest BCUT2D eigenvalue weighted by Crippen LogP contribution is 2.23. The van der Waals surface area contributed by atoms with Crippen LogP contribution in [0.3, 0.4) is 0 Å². The second-order valence-corrected chi connectivity index (χ2v) is 7.17. The van der Waals surface area contributed by atoms with Crippen molar-refractivity contribution in [3.8, 4) is 0 Å². The quantitative estimate of drug-likeness (QED) is 0.387. The van der Waals surface area contributed by atoms with Gasteiger partial charge in [-0.1, -0.05) is 34.1 Å². The fraction of sp³-hybridized carbons (Fsp3) is 0. The van der Waals surface area contributed by atoms with Crippen molar-refractivity contribution in [3.63, 3.8) is 0 Å². The zero-order valence-electron chi connectivity index (χ0n) is 11.6. The van der Waals surface area contributed by atoms with E-state index >= 15 is 0 Å². The maximum Gasteiger partial charge on any atom is 0.293 e. The van der Waals surface area contributed by atoms with Crippen LogP contribution in [0.5, 0.6) is 0 Å². The van der Waals surface area contributed by atoms with Gasteiger partial charge in [-0.15, -0.1) is 0 Å². The molecule has 116 valence electrons. The van der Waals surface area contributed by atoms with Gasteiger partial charge in [0.25, 0.3) is 5.91 Å². The number of carbonyl (C=O) groups excluding carboxylic acids is 1. The number of furan rings is 1. The van der Waals surface area contributed by atoms with Gasteiger partial charge in [-0.25, -0.2) is 0 Å². The monoisotopic (exact) mass is 500 g/mol. The topological polar surface area (TPSA) is 54.3 Å². The minimum absolute atomic E-state index is 0.218.